The van der Waals surface area contributed by atoms with E-state index in [9.17, 15) is 4.79 Å². The van der Waals surface area contributed by atoms with Crippen molar-refractivity contribution in [1.82, 2.24) is 0 Å². The standard InChI is InChI=1S/C29H39NO3/c1-21(11-16-26-23(3)10-7-18-29(26,4)5)8-6-9-22(2)17-19-33-25-14-12-24(13-15-25)20-27(30)28(31)32/h6,8-9,11-17,27H,7,10,18-20,30H2,1-5H3,(H,31,32)/b9-6+,16-11+,21-8+,22-17+. The van der Waals surface area contributed by atoms with Gasteiger partial charge in [-0.15, -0.1) is 0 Å². The predicted molar refractivity (Wildman–Crippen MR) is 137 cm³/mol. The van der Waals surface area contributed by atoms with E-state index in [1.165, 1.54) is 36.0 Å². The van der Waals surface area contributed by atoms with Crippen molar-refractivity contribution in [3.05, 3.63) is 88.6 Å². The molecule has 4 heteroatoms. The number of benzene rings is 1. The van der Waals surface area contributed by atoms with Gasteiger partial charge in [0.1, 0.15) is 18.4 Å². The summed E-state index contributed by atoms with van der Waals surface area (Å²) < 4.78 is 5.76. The van der Waals surface area contributed by atoms with Crippen LogP contribution in [0.5, 0.6) is 5.75 Å². The average molecular weight is 450 g/mol. The third-order valence-corrected chi connectivity index (χ3v) is 6.13. The van der Waals surface area contributed by atoms with Gasteiger partial charge in [0.2, 0.25) is 0 Å². The molecular formula is C29H39NO3. The Hall–Kier alpha value is -2.85. The fourth-order valence-corrected chi connectivity index (χ4v) is 4.03. The van der Waals surface area contributed by atoms with Gasteiger partial charge in [0.25, 0.3) is 0 Å². The second-order valence-electron chi connectivity index (χ2n) is 9.59. The molecule has 0 bridgehead atoms. The lowest BCUT2D eigenvalue weighted by atomic mass is 9.72. The zero-order valence-electron chi connectivity index (χ0n) is 20.7. The third kappa shape index (κ3) is 8.89. The summed E-state index contributed by atoms with van der Waals surface area (Å²) in [6.07, 6.45) is 16.9. The number of hydrogen-bond acceptors (Lipinski definition) is 3. The molecule has 0 aromatic heterocycles. The number of hydrogen-bond donors (Lipinski definition) is 2. The maximum Gasteiger partial charge on any atom is 0.320 e. The predicted octanol–water partition coefficient (Wildman–Crippen LogP) is 6.55. The quantitative estimate of drug-likeness (QED) is 0.397. The van der Waals surface area contributed by atoms with Gasteiger partial charge in [-0.25, -0.2) is 0 Å². The molecule has 0 radical (unpaired) electrons. The molecule has 0 heterocycles. The molecule has 1 aromatic rings. The summed E-state index contributed by atoms with van der Waals surface area (Å²) in [4.78, 5) is 10.9. The number of allylic oxidation sites excluding steroid dienone is 9. The summed E-state index contributed by atoms with van der Waals surface area (Å²) in [5, 5.41) is 8.90. The summed E-state index contributed by atoms with van der Waals surface area (Å²) in [7, 11) is 0. The van der Waals surface area contributed by atoms with Crippen molar-refractivity contribution in [2.75, 3.05) is 6.61 Å². The number of nitrogens with two attached hydrogens (primary N) is 1. The minimum atomic E-state index is -0.995. The van der Waals surface area contributed by atoms with Gasteiger partial charge in [0.05, 0.1) is 0 Å². The smallest absolute Gasteiger partial charge is 0.320 e. The minimum absolute atomic E-state index is 0.264. The van der Waals surface area contributed by atoms with Crippen LogP contribution in [-0.4, -0.2) is 23.7 Å². The number of rotatable bonds is 10. The van der Waals surface area contributed by atoms with E-state index in [0.717, 1.165) is 16.9 Å². The molecule has 1 aliphatic carbocycles. The van der Waals surface area contributed by atoms with Gasteiger partial charge in [-0.3, -0.25) is 4.79 Å². The molecule has 1 atom stereocenters. The largest absolute Gasteiger partial charge is 0.490 e. The van der Waals surface area contributed by atoms with Crippen molar-refractivity contribution in [3.8, 4) is 5.75 Å². The first-order valence-electron chi connectivity index (χ1n) is 11.7. The summed E-state index contributed by atoms with van der Waals surface area (Å²) in [5.41, 5.74) is 12.1. The van der Waals surface area contributed by atoms with Crippen LogP contribution in [0.15, 0.2) is 83.0 Å². The summed E-state index contributed by atoms with van der Waals surface area (Å²) in [6, 6.07) is 6.49. The highest BCUT2D eigenvalue weighted by molar-refractivity contribution is 5.73. The van der Waals surface area contributed by atoms with Gasteiger partial charge >= 0.3 is 5.97 Å². The van der Waals surface area contributed by atoms with E-state index < -0.39 is 12.0 Å². The fraction of sp³-hybridized carbons (Fsp3) is 0.414. The zero-order valence-corrected chi connectivity index (χ0v) is 20.7. The first-order chi connectivity index (χ1) is 15.6. The molecule has 0 spiro atoms. The second kappa shape index (κ2) is 12.4. The van der Waals surface area contributed by atoms with E-state index in [2.05, 4.69) is 58.1 Å². The SMILES string of the molecule is CC1=C(/C=C/C(C)=C/C=C/C(C)=C/COc2ccc(CC(N)C(=O)O)cc2)C(C)(C)CCC1. The van der Waals surface area contributed by atoms with E-state index >= 15 is 0 Å². The molecule has 0 saturated heterocycles. The first-order valence-corrected chi connectivity index (χ1v) is 11.7. The summed E-state index contributed by atoms with van der Waals surface area (Å²) >= 11 is 0. The lowest BCUT2D eigenvalue weighted by Crippen LogP contribution is -2.32. The van der Waals surface area contributed by atoms with Crippen molar-refractivity contribution in [2.45, 2.75) is 66.3 Å². The van der Waals surface area contributed by atoms with Crippen molar-refractivity contribution >= 4 is 5.97 Å². The number of carboxylic acids is 1. The molecule has 0 amide bonds. The Morgan fingerprint density at radius 3 is 2.52 bits per heavy atom. The summed E-state index contributed by atoms with van der Waals surface area (Å²) in [5.74, 6) is -0.252. The topological polar surface area (TPSA) is 72.5 Å². The third-order valence-electron chi connectivity index (χ3n) is 6.13. The van der Waals surface area contributed by atoms with Crippen LogP contribution in [-0.2, 0) is 11.2 Å². The van der Waals surface area contributed by atoms with Gasteiger partial charge in [0.15, 0.2) is 0 Å². The van der Waals surface area contributed by atoms with Crippen LogP contribution in [0.25, 0.3) is 0 Å². The monoisotopic (exact) mass is 449 g/mol. The van der Waals surface area contributed by atoms with Gasteiger partial charge in [-0.1, -0.05) is 73.1 Å². The van der Waals surface area contributed by atoms with Gasteiger partial charge in [-0.05, 0) is 81.2 Å². The highest BCUT2D eigenvalue weighted by atomic mass is 16.5. The lowest BCUT2D eigenvalue weighted by Gasteiger charge is -2.32. The maximum atomic E-state index is 10.9. The van der Waals surface area contributed by atoms with Gasteiger partial charge < -0.3 is 15.6 Å². The van der Waals surface area contributed by atoms with Crippen LogP contribution < -0.4 is 10.5 Å². The van der Waals surface area contributed by atoms with Crippen molar-refractivity contribution in [2.24, 2.45) is 11.1 Å². The normalized spacial score (nSPS) is 18.2. The molecule has 178 valence electrons. The van der Waals surface area contributed by atoms with Crippen molar-refractivity contribution < 1.29 is 14.6 Å². The summed E-state index contributed by atoms with van der Waals surface area (Å²) in [6.45, 7) is 11.6. The first kappa shape index (κ1) is 26.4. The highest BCUT2D eigenvalue weighted by Crippen LogP contribution is 2.40. The molecule has 1 unspecified atom stereocenters. The fourth-order valence-electron chi connectivity index (χ4n) is 4.03. The van der Waals surface area contributed by atoms with E-state index in [1.54, 1.807) is 0 Å². The molecule has 2 rings (SSSR count). The molecular weight excluding hydrogens is 410 g/mol. The molecule has 33 heavy (non-hydrogen) atoms. The Balaban J connectivity index is 1.85. The number of carboxylic acid groups (broad SMARTS) is 1. The van der Waals surface area contributed by atoms with Gasteiger partial charge in [-0.2, -0.15) is 0 Å². The number of carbonyl (C=O) groups is 1. The van der Waals surface area contributed by atoms with Crippen molar-refractivity contribution in [1.29, 1.82) is 0 Å². The van der Waals surface area contributed by atoms with E-state index in [4.69, 9.17) is 15.6 Å². The van der Waals surface area contributed by atoms with Crippen LogP contribution in [0.1, 0.15) is 59.4 Å². The average Bonchev–Trinajstić information content (AvgIpc) is 2.74. The van der Waals surface area contributed by atoms with Crippen LogP contribution in [0.3, 0.4) is 0 Å². The Morgan fingerprint density at radius 2 is 1.88 bits per heavy atom. The molecule has 3 N–H and O–H groups in total. The van der Waals surface area contributed by atoms with Gasteiger partial charge in [0, 0.05) is 0 Å². The molecule has 0 saturated carbocycles. The molecule has 0 fully saturated rings. The van der Waals surface area contributed by atoms with Crippen LogP contribution in [0.4, 0.5) is 0 Å². The van der Waals surface area contributed by atoms with E-state index in [-0.39, 0.29) is 5.41 Å². The van der Waals surface area contributed by atoms with Crippen LogP contribution in [0.2, 0.25) is 0 Å². The Labute approximate surface area is 199 Å². The minimum Gasteiger partial charge on any atom is -0.490 e. The van der Waals surface area contributed by atoms with E-state index in [1.807, 2.05) is 37.3 Å². The zero-order chi connectivity index (χ0) is 24.4. The van der Waals surface area contributed by atoms with Crippen molar-refractivity contribution in [3.63, 3.8) is 0 Å². The van der Waals surface area contributed by atoms with Crippen LogP contribution >= 0.6 is 0 Å². The lowest BCUT2D eigenvalue weighted by molar-refractivity contribution is -0.138. The highest BCUT2D eigenvalue weighted by Gasteiger charge is 2.26. The second-order valence-corrected chi connectivity index (χ2v) is 9.59. The molecule has 4 nitrogen and oxygen atoms in total. The Bertz CT molecular complexity index is 959. The Kier molecular flexibility index (Phi) is 9.93. The molecule has 0 aliphatic heterocycles. The maximum absolute atomic E-state index is 10.9. The van der Waals surface area contributed by atoms with Crippen LogP contribution in [0, 0.1) is 5.41 Å². The molecule has 1 aromatic carbocycles. The number of aliphatic carboxylic acids is 1. The van der Waals surface area contributed by atoms with E-state index in [0.29, 0.717) is 13.0 Å². The number of ether oxygens (including phenoxy) is 1. The molecule has 1 aliphatic rings. The Morgan fingerprint density at radius 1 is 1.18 bits per heavy atom.